The summed E-state index contributed by atoms with van der Waals surface area (Å²) >= 11 is 0. The van der Waals surface area contributed by atoms with Gasteiger partial charge in [-0.1, -0.05) is 30.3 Å². The van der Waals surface area contributed by atoms with Gasteiger partial charge in [0.25, 0.3) is 0 Å². The Labute approximate surface area is 149 Å². The van der Waals surface area contributed by atoms with Crippen molar-refractivity contribution >= 4 is 11.8 Å². The van der Waals surface area contributed by atoms with E-state index in [1.807, 2.05) is 35.2 Å². The van der Waals surface area contributed by atoms with Gasteiger partial charge < -0.3 is 10.6 Å². The molecule has 6 heteroatoms. The predicted octanol–water partition coefficient (Wildman–Crippen LogP) is 1.86. The van der Waals surface area contributed by atoms with Crippen LogP contribution in [-0.2, 0) is 16.0 Å². The van der Waals surface area contributed by atoms with E-state index in [1.165, 1.54) is 0 Å². The Morgan fingerprint density at radius 3 is 2.56 bits per heavy atom. The molecule has 6 nitrogen and oxygen atoms in total. The molecule has 1 saturated heterocycles. The second-order valence-electron chi connectivity index (χ2n) is 6.91. The monoisotopic (exact) mass is 347 g/mol. The fraction of sp³-hybridized carbons (Fsp3) is 0.579. The maximum absolute atomic E-state index is 12.4. The minimum Gasteiger partial charge on any atom is -0.343 e. The summed E-state index contributed by atoms with van der Waals surface area (Å²) in [4.78, 5) is 25.3. The number of hydrogen-bond acceptors (Lipinski definition) is 4. The van der Waals surface area contributed by atoms with Gasteiger partial charge in [0.15, 0.2) is 0 Å². The summed E-state index contributed by atoms with van der Waals surface area (Å²) in [5.41, 5.74) is 8.96. The SMILES string of the molecule is NC(CC(=O)N1CCC(CCCC(=O)NO)CC1)Cc1ccccc1. The third-order valence-electron chi connectivity index (χ3n) is 4.89. The van der Waals surface area contributed by atoms with Crippen molar-refractivity contribution in [1.82, 2.24) is 10.4 Å². The van der Waals surface area contributed by atoms with Crippen LogP contribution in [0.3, 0.4) is 0 Å². The molecule has 0 saturated carbocycles. The normalized spacial score (nSPS) is 16.5. The topological polar surface area (TPSA) is 95.7 Å². The first-order valence-corrected chi connectivity index (χ1v) is 9.08. The standard InChI is InChI=1S/C19H29N3O3/c20-17(13-16-5-2-1-3-6-16)14-19(24)22-11-9-15(10-12-22)7-4-8-18(23)21-25/h1-3,5-6,15,17,25H,4,7-14,20H2,(H,21,23). The zero-order chi connectivity index (χ0) is 18.1. The average Bonchev–Trinajstić information content (AvgIpc) is 2.62. The van der Waals surface area contributed by atoms with Crippen molar-refractivity contribution in [1.29, 1.82) is 0 Å². The van der Waals surface area contributed by atoms with Gasteiger partial charge in [-0.05, 0) is 43.6 Å². The largest absolute Gasteiger partial charge is 0.343 e. The van der Waals surface area contributed by atoms with Crippen LogP contribution in [0.2, 0.25) is 0 Å². The molecular formula is C19H29N3O3. The van der Waals surface area contributed by atoms with E-state index in [1.54, 1.807) is 5.48 Å². The first-order valence-electron chi connectivity index (χ1n) is 9.08. The molecule has 1 atom stereocenters. The fourth-order valence-corrected chi connectivity index (χ4v) is 3.42. The number of nitrogens with zero attached hydrogens (tertiary/aromatic N) is 1. The summed E-state index contributed by atoms with van der Waals surface area (Å²) < 4.78 is 0. The smallest absolute Gasteiger partial charge is 0.243 e. The van der Waals surface area contributed by atoms with Crippen LogP contribution in [0.1, 0.15) is 44.1 Å². The molecule has 2 amide bonds. The lowest BCUT2D eigenvalue weighted by Crippen LogP contribution is -2.41. The predicted molar refractivity (Wildman–Crippen MR) is 95.8 cm³/mol. The molecule has 4 N–H and O–H groups in total. The van der Waals surface area contributed by atoms with Gasteiger partial charge >= 0.3 is 0 Å². The number of nitrogens with one attached hydrogen (secondary N) is 1. The lowest BCUT2D eigenvalue weighted by molar-refractivity contribution is -0.133. The highest BCUT2D eigenvalue weighted by Crippen LogP contribution is 2.23. The molecule has 25 heavy (non-hydrogen) atoms. The van der Waals surface area contributed by atoms with E-state index in [0.29, 0.717) is 18.8 Å². The Morgan fingerprint density at radius 1 is 1.24 bits per heavy atom. The first kappa shape index (κ1) is 19.4. The number of rotatable bonds is 8. The van der Waals surface area contributed by atoms with Gasteiger partial charge in [-0.25, -0.2) is 5.48 Å². The van der Waals surface area contributed by atoms with E-state index in [-0.39, 0.29) is 17.9 Å². The zero-order valence-corrected chi connectivity index (χ0v) is 14.7. The Hall–Kier alpha value is -1.92. The summed E-state index contributed by atoms with van der Waals surface area (Å²) in [5.74, 6) is 0.357. The molecule has 0 bridgehead atoms. The Morgan fingerprint density at radius 2 is 1.92 bits per heavy atom. The van der Waals surface area contributed by atoms with Crippen molar-refractivity contribution in [2.24, 2.45) is 11.7 Å². The number of hydrogen-bond donors (Lipinski definition) is 3. The Bertz CT molecular complexity index is 542. The van der Waals surface area contributed by atoms with E-state index >= 15 is 0 Å². The fourth-order valence-electron chi connectivity index (χ4n) is 3.42. The molecule has 1 unspecified atom stereocenters. The highest BCUT2D eigenvalue weighted by Gasteiger charge is 2.23. The summed E-state index contributed by atoms with van der Waals surface area (Å²) in [6, 6.07) is 9.86. The van der Waals surface area contributed by atoms with Crippen LogP contribution in [0.25, 0.3) is 0 Å². The van der Waals surface area contributed by atoms with Gasteiger partial charge in [-0.3, -0.25) is 14.8 Å². The molecule has 2 rings (SSSR count). The van der Waals surface area contributed by atoms with Crippen molar-refractivity contribution in [3.05, 3.63) is 35.9 Å². The van der Waals surface area contributed by atoms with Crippen molar-refractivity contribution < 1.29 is 14.8 Å². The van der Waals surface area contributed by atoms with E-state index in [2.05, 4.69) is 0 Å². The van der Waals surface area contributed by atoms with Gasteiger partial charge in [-0.2, -0.15) is 0 Å². The molecule has 1 aliphatic heterocycles. The van der Waals surface area contributed by atoms with E-state index in [4.69, 9.17) is 10.9 Å². The van der Waals surface area contributed by atoms with E-state index in [9.17, 15) is 9.59 Å². The van der Waals surface area contributed by atoms with Crippen molar-refractivity contribution in [3.8, 4) is 0 Å². The minimum absolute atomic E-state index is 0.140. The van der Waals surface area contributed by atoms with Gasteiger partial charge in [0.05, 0.1) is 0 Å². The van der Waals surface area contributed by atoms with Crippen LogP contribution in [0.5, 0.6) is 0 Å². The molecule has 0 spiro atoms. The molecule has 1 fully saturated rings. The lowest BCUT2D eigenvalue weighted by atomic mass is 9.91. The maximum atomic E-state index is 12.4. The van der Waals surface area contributed by atoms with Crippen molar-refractivity contribution in [3.63, 3.8) is 0 Å². The molecule has 1 aromatic carbocycles. The second kappa shape index (κ2) is 10.2. The maximum Gasteiger partial charge on any atom is 0.243 e. The third kappa shape index (κ3) is 6.84. The lowest BCUT2D eigenvalue weighted by Gasteiger charge is -2.32. The number of nitrogens with two attached hydrogens (primary N) is 1. The average molecular weight is 347 g/mol. The Balaban J connectivity index is 1.66. The van der Waals surface area contributed by atoms with Crippen LogP contribution in [0.15, 0.2) is 30.3 Å². The van der Waals surface area contributed by atoms with E-state index < -0.39 is 0 Å². The molecule has 1 aliphatic rings. The van der Waals surface area contributed by atoms with Gasteiger partial charge in [-0.15, -0.1) is 0 Å². The summed E-state index contributed by atoms with van der Waals surface area (Å²) in [7, 11) is 0. The van der Waals surface area contributed by atoms with Crippen LogP contribution in [-0.4, -0.2) is 41.1 Å². The van der Waals surface area contributed by atoms with Gasteiger partial charge in [0.1, 0.15) is 0 Å². The molecule has 0 aromatic heterocycles. The quantitative estimate of drug-likeness (QED) is 0.494. The number of carbonyl (C=O) groups excluding carboxylic acids is 2. The highest BCUT2D eigenvalue weighted by atomic mass is 16.5. The molecule has 0 radical (unpaired) electrons. The Kier molecular flexibility index (Phi) is 7.88. The number of hydroxylamine groups is 1. The van der Waals surface area contributed by atoms with Crippen molar-refractivity contribution in [2.75, 3.05) is 13.1 Å². The molecule has 0 aliphatic carbocycles. The van der Waals surface area contributed by atoms with Crippen molar-refractivity contribution in [2.45, 2.75) is 51.0 Å². The number of likely N-dealkylation sites (tertiary alicyclic amines) is 1. The zero-order valence-electron chi connectivity index (χ0n) is 14.7. The summed E-state index contributed by atoms with van der Waals surface area (Å²) in [6.45, 7) is 1.54. The third-order valence-corrected chi connectivity index (χ3v) is 4.89. The first-order chi connectivity index (χ1) is 12.1. The molecular weight excluding hydrogens is 318 g/mol. The summed E-state index contributed by atoms with van der Waals surface area (Å²) in [5, 5.41) is 8.48. The van der Waals surface area contributed by atoms with E-state index in [0.717, 1.165) is 50.8 Å². The van der Waals surface area contributed by atoms with Gasteiger partial charge in [0.2, 0.25) is 11.8 Å². The molecule has 1 heterocycles. The molecule has 138 valence electrons. The number of carbonyl (C=O) groups is 2. The number of piperidine rings is 1. The number of amides is 2. The van der Waals surface area contributed by atoms with Crippen LogP contribution in [0.4, 0.5) is 0 Å². The summed E-state index contributed by atoms with van der Waals surface area (Å²) in [6.07, 6.45) is 5.13. The van der Waals surface area contributed by atoms with Gasteiger partial charge in [0, 0.05) is 32.0 Å². The molecule has 1 aromatic rings. The minimum atomic E-state index is -0.333. The second-order valence-corrected chi connectivity index (χ2v) is 6.91. The number of benzene rings is 1. The van der Waals surface area contributed by atoms with Crippen LogP contribution < -0.4 is 11.2 Å². The highest BCUT2D eigenvalue weighted by molar-refractivity contribution is 5.77. The van der Waals surface area contributed by atoms with Crippen LogP contribution >= 0.6 is 0 Å². The van der Waals surface area contributed by atoms with Crippen LogP contribution in [0, 0.1) is 5.92 Å².